The molecule has 0 aliphatic rings. The van der Waals surface area contributed by atoms with Crippen molar-refractivity contribution in [1.29, 1.82) is 0 Å². The summed E-state index contributed by atoms with van der Waals surface area (Å²) in [4.78, 5) is 26.9. The van der Waals surface area contributed by atoms with E-state index in [1.54, 1.807) is 62.6 Å². The van der Waals surface area contributed by atoms with Crippen LogP contribution < -0.4 is 14.4 Å². The Hall–Kier alpha value is -2.59. The predicted molar refractivity (Wildman–Crippen MR) is 123 cm³/mol. The van der Waals surface area contributed by atoms with Gasteiger partial charge in [0.05, 0.1) is 19.1 Å². The van der Waals surface area contributed by atoms with E-state index in [4.69, 9.17) is 4.74 Å². The van der Waals surface area contributed by atoms with E-state index in [2.05, 4.69) is 21.2 Å². The second-order valence-electron chi connectivity index (χ2n) is 6.88. The standard InChI is InChI=1S/C21H26BrN3O5S/c1-15(21(27)23-2)24(13-16-9-11-17(30-3)12-10-16)20(26)14-25(31(4,28)29)19-8-6-5-7-18(19)22/h5-12,15H,13-14H2,1-4H3,(H,23,27). The number of methoxy groups -OCH3 is 1. The van der Waals surface area contributed by atoms with E-state index in [1.807, 2.05) is 0 Å². The molecule has 10 heteroatoms. The topological polar surface area (TPSA) is 96.0 Å². The Kier molecular flexibility index (Phi) is 8.46. The Morgan fingerprint density at radius 2 is 1.74 bits per heavy atom. The van der Waals surface area contributed by atoms with Crippen molar-refractivity contribution in [3.05, 3.63) is 58.6 Å². The first-order valence-corrected chi connectivity index (χ1v) is 12.1. The molecule has 2 aromatic carbocycles. The number of hydrogen-bond donors (Lipinski definition) is 1. The van der Waals surface area contributed by atoms with Crippen molar-refractivity contribution >= 4 is 43.5 Å². The lowest BCUT2D eigenvalue weighted by molar-refractivity contribution is -0.139. The Morgan fingerprint density at radius 1 is 1.13 bits per heavy atom. The van der Waals surface area contributed by atoms with Crippen LogP contribution in [0.1, 0.15) is 12.5 Å². The van der Waals surface area contributed by atoms with E-state index in [0.29, 0.717) is 15.9 Å². The summed E-state index contributed by atoms with van der Waals surface area (Å²) >= 11 is 3.34. The zero-order chi connectivity index (χ0) is 23.2. The summed E-state index contributed by atoms with van der Waals surface area (Å²) < 4.78 is 31.7. The van der Waals surface area contributed by atoms with E-state index < -0.39 is 28.5 Å². The first-order valence-electron chi connectivity index (χ1n) is 9.44. The van der Waals surface area contributed by atoms with Crippen LogP contribution in [0.5, 0.6) is 5.75 Å². The third-order valence-electron chi connectivity index (χ3n) is 4.73. The smallest absolute Gasteiger partial charge is 0.244 e. The first-order chi connectivity index (χ1) is 14.6. The zero-order valence-corrected chi connectivity index (χ0v) is 20.2. The fourth-order valence-corrected chi connectivity index (χ4v) is 4.45. The lowest BCUT2D eigenvalue weighted by Crippen LogP contribution is -2.50. The number of carbonyl (C=O) groups is 2. The number of anilines is 1. The molecule has 168 valence electrons. The molecule has 1 N–H and O–H groups in total. The number of para-hydroxylation sites is 1. The number of amides is 2. The van der Waals surface area contributed by atoms with Gasteiger partial charge in [-0.1, -0.05) is 24.3 Å². The molecule has 2 aromatic rings. The van der Waals surface area contributed by atoms with E-state index in [1.165, 1.54) is 11.9 Å². The van der Waals surface area contributed by atoms with Crippen LogP contribution in [0.15, 0.2) is 53.0 Å². The molecular formula is C21H26BrN3O5S. The molecule has 0 saturated heterocycles. The van der Waals surface area contributed by atoms with Gasteiger partial charge in [0.2, 0.25) is 21.8 Å². The number of hydrogen-bond acceptors (Lipinski definition) is 5. The van der Waals surface area contributed by atoms with Crippen molar-refractivity contribution in [2.45, 2.75) is 19.5 Å². The molecule has 2 rings (SSSR count). The Labute approximate surface area is 191 Å². The number of nitrogens with zero attached hydrogens (tertiary/aromatic N) is 2. The summed E-state index contributed by atoms with van der Waals surface area (Å²) in [5, 5.41) is 2.54. The first kappa shape index (κ1) is 24.7. The van der Waals surface area contributed by atoms with Crippen LogP contribution in [0, 0.1) is 0 Å². The van der Waals surface area contributed by atoms with Gasteiger partial charge in [0.1, 0.15) is 18.3 Å². The van der Waals surface area contributed by atoms with Gasteiger partial charge in [-0.15, -0.1) is 0 Å². The van der Waals surface area contributed by atoms with Crippen LogP contribution >= 0.6 is 15.9 Å². The summed E-state index contributed by atoms with van der Waals surface area (Å²) in [6.07, 6.45) is 1.04. The number of sulfonamides is 1. The van der Waals surface area contributed by atoms with E-state index in [9.17, 15) is 18.0 Å². The maximum absolute atomic E-state index is 13.3. The Balaban J connectivity index is 2.37. The summed E-state index contributed by atoms with van der Waals surface area (Å²) in [5.41, 5.74) is 1.12. The zero-order valence-electron chi connectivity index (χ0n) is 17.8. The molecule has 0 radical (unpaired) electrons. The lowest BCUT2D eigenvalue weighted by Gasteiger charge is -2.31. The summed E-state index contributed by atoms with van der Waals surface area (Å²) in [6, 6.07) is 13.0. The van der Waals surface area contributed by atoms with E-state index in [0.717, 1.165) is 16.1 Å². The summed E-state index contributed by atoms with van der Waals surface area (Å²) in [7, 11) is -0.723. The average Bonchev–Trinajstić information content (AvgIpc) is 2.74. The lowest BCUT2D eigenvalue weighted by atomic mass is 10.1. The minimum absolute atomic E-state index is 0.130. The maximum atomic E-state index is 13.3. The highest BCUT2D eigenvalue weighted by molar-refractivity contribution is 9.10. The predicted octanol–water partition coefficient (Wildman–Crippen LogP) is 2.39. The molecule has 0 bridgehead atoms. The highest BCUT2D eigenvalue weighted by Gasteiger charge is 2.30. The number of benzene rings is 2. The molecule has 0 aliphatic heterocycles. The van der Waals surface area contributed by atoms with Crippen molar-refractivity contribution in [2.24, 2.45) is 0 Å². The monoisotopic (exact) mass is 511 g/mol. The quantitative estimate of drug-likeness (QED) is 0.557. The van der Waals surface area contributed by atoms with Crippen LogP contribution in [0.2, 0.25) is 0 Å². The molecule has 0 heterocycles. The van der Waals surface area contributed by atoms with E-state index in [-0.39, 0.29) is 12.5 Å². The van der Waals surface area contributed by atoms with E-state index >= 15 is 0 Å². The van der Waals surface area contributed by atoms with Gasteiger partial charge in [0.25, 0.3) is 0 Å². The molecule has 1 atom stereocenters. The van der Waals surface area contributed by atoms with Gasteiger partial charge in [-0.3, -0.25) is 13.9 Å². The van der Waals surface area contributed by atoms with Gasteiger partial charge < -0.3 is 15.0 Å². The fraction of sp³-hybridized carbons (Fsp3) is 0.333. The van der Waals surface area contributed by atoms with Crippen LogP contribution in [-0.4, -0.2) is 58.1 Å². The molecule has 0 aliphatic carbocycles. The summed E-state index contributed by atoms with van der Waals surface area (Å²) in [6.45, 7) is 1.29. The van der Waals surface area contributed by atoms with Gasteiger partial charge in [-0.05, 0) is 52.7 Å². The van der Waals surface area contributed by atoms with Crippen molar-refractivity contribution in [2.75, 3.05) is 31.3 Å². The van der Waals surface area contributed by atoms with Gasteiger partial charge in [-0.25, -0.2) is 8.42 Å². The van der Waals surface area contributed by atoms with Crippen LogP contribution in [-0.2, 0) is 26.2 Å². The molecule has 2 amide bonds. The second-order valence-corrected chi connectivity index (χ2v) is 9.64. The van der Waals surface area contributed by atoms with Crippen molar-refractivity contribution in [1.82, 2.24) is 10.2 Å². The molecular weight excluding hydrogens is 486 g/mol. The summed E-state index contributed by atoms with van der Waals surface area (Å²) in [5.74, 6) is -0.195. The highest BCUT2D eigenvalue weighted by atomic mass is 79.9. The fourth-order valence-electron chi connectivity index (χ4n) is 2.97. The number of ether oxygens (including phenoxy) is 1. The van der Waals surface area contributed by atoms with Crippen LogP contribution in [0.25, 0.3) is 0 Å². The molecule has 0 saturated carbocycles. The van der Waals surface area contributed by atoms with Gasteiger partial charge in [0, 0.05) is 18.1 Å². The second kappa shape index (κ2) is 10.6. The molecule has 0 aromatic heterocycles. The van der Waals surface area contributed by atoms with Crippen molar-refractivity contribution in [3.63, 3.8) is 0 Å². The molecule has 1 unspecified atom stereocenters. The Morgan fingerprint density at radius 3 is 2.26 bits per heavy atom. The van der Waals surface area contributed by atoms with Gasteiger partial charge in [-0.2, -0.15) is 0 Å². The number of carbonyl (C=O) groups excluding carboxylic acids is 2. The molecule has 8 nitrogen and oxygen atoms in total. The molecule has 0 spiro atoms. The third kappa shape index (κ3) is 6.44. The maximum Gasteiger partial charge on any atom is 0.244 e. The van der Waals surface area contributed by atoms with Gasteiger partial charge in [0.15, 0.2) is 0 Å². The van der Waals surface area contributed by atoms with Gasteiger partial charge >= 0.3 is 0 Å². The molecule has 31 heavy (non-hydrogen) atoms. The number of likely N-dealkylation sites (N-methyl/N-ethyl adjacent to an activating group) is 1. The van der Waals surface area contributed by atoms with Crippen LogP contribution in [0.4, 0.5) is 5.69 Å². The van der Waals surface area contributed by atoms with Crippen LogP contribution in [0.3, 0.4) is 0 Å². The largest absolute Gasteiger partial charge is 0.497 e. The minimum Gasteiger partial charge on any atom is -0.497 e. The third-order valence-corrected chi connectivity index (χ3v) is 6.52. The van der Waals surface area contributed by atoms with Crippen molar-refractivity contribution < 1.29 is 22.7 Å². The number of rotatable bonds is 9. The number of nitrogens with one attached hydrogen (secondary N) is 1. The van der Waals surface area contributed by atoms with Crippen molar-refractivity contribution in [3.8, 4) is 5.75 Å². The average molecular weight is 512 g/mol. The Bertz CT molecular complexity index is 1030. The molecule has 0 fully saturated rings. The minimum atomic E-state index is -3.76. The SMILES string of the molecule is CNC(=O)C(C)N(Cc1ccc(OC)cc1)C(=O)CN(c1ccccc1Br)S(C)(=O)=O. The highest BCUT2D eigenvalue weighted by Crippen LogP contribution is 2.28. The normalized spacial score (nSPS) is 12.0. The number of halogens is 1.